The molecule has 0 amide bonds. The maximum atomic E-state index is 5.11. The van der Waals surface area contributed by atoms with Crippen LogP contribution in [0.25, 0.3) is 0 Å². The molecule has 0 radical (unpaired) electrons. The first-order chi connectivity index (χ1) is 3.15. The number of hydrogen-bond donors (Lipinski definition) is 2. The molecule has 0 aliphatic heterocycles. The molecule has 0 saturated carbocycles. The summed E-state index contributed by atoms with van der Waals surface area (Å²) in [5, 5.41) is 0. The van der Waals surface area contributed by atoms with Gasteiger partial charge in [0, 0.05) is 0 Å². The van der Waals surface area contributed by atoms with Crippen molar-refractivity contribution in [3.63, 3.8) is 0 Å². The van der Waals surface area contributed by atoms with Crippen molar-refractivity contribution < 1.29 is 0 Å². The minimum absolute atomic E-state index is 0.333. The summed E-state index contributed by atoms with van der Waals surface area (Å²) in [7, 11) is 0. The van der Waals surface area contributed by atoms with Gasteiger partial charge in [0.25, 0.3) is 0 Å². The van der Waals surface area contributed by atoms with Crippen LogP contribution < -0.4 is 5.73 Å². The molecule has 0 fully saturated rings. The lowest BCUT2D eigenvalue weighted by atomic mass is 10.5. The summed E-state index contributed by atoms with van der Waals surface area (Å²) in [4.78, 5) is 0. The van der Waals surface area contributed by atoms with Gasteiger partial charge in [-0.1, -0.05) is 20.8 Å². The average Bonchev–Trinajstić information content (AvgIpc) is 1.33. The van der Waals surface area contributed by atoms with Gasteiger partial charge in [-0.25, -0.2) is 0 Å². The summed E-state index contributed by atoms with van der Waals surface area (Å²) in [6.07, 6.45) is 0. The van der Waals surface area contributed by atoms with Crippen LogP contribution in [-0.2, 0) is 0 Å². The predicted molar refractivity (Wildman–Crippen MR) is 38.9 cm³/mol. The minimum Gasteiger partial charge on any atom is -0.328 e. The Labute approximate surface area is 51.7 Å². The van der Waals surface area contributed by atoms with Crippen LogP contribution in [0.5, 0.6) is 0 Å². The molecule has 0 rings (SSSR count). The quantitative estimate of drug-likeness (QED) is 0.464. The Hall–Kier alpha value is 0.310. The van der Waals surface area contributed by atoms with E-state index in [1.807, 2.05) is 20.8 Å². The number of hydrogen-bond acceptors (Lipinski definition) is 2. The molecule has 7 heavy (non-hydrogen) atoms. The van der Waals surface area contributed by atoms with Gasteiger partial charge in [0.15, 0.2) is 0 Å². The SMILES string of the molecule is CC(C)N.CCS. The monoisotopic (exact) mass is 121 g/mol. The van der Waals surface area contributed by atoms with Crippen LogP contribution in [-0.4, -0.2) is 11.8 Å². The highest BCUT2D eigenvalue weighted by Gasteiger charge is 1.67. The summed E-state index contributed by atoms with van der Waals surface area (Å²) < 4.78 is 0. The van der Waals surface area contributed by atoms with Crippen molar-refractivity contribution in [1.82, 2.24) is 0 Å². The summed E-state index contributed by atoms with van der Waals surface area (Å²) in [6.45, 7) is 5.88. The predicted octanol–water partition coefficient (Wildman–Crippen LogP) is 1.29. The summed E-state index contributed by atoms with van der Waals surface area (Å²) >= 11 is 3.79. The van der Waals surface area contributed by atoms with E-state index in [-0.39, 0.29) is 0 Å². The van der Waals surface area contributed by atoms with Gasteiger partial charge < -0.3 is 5.73 Å². The van der Waals surface area contributed by atoms with Gasteiger partial charge in [-0.2, -0.15) is 12.6 Å². The van der Waals surface area contributed by atoms with Gasteiger partial charge in [0.2, 0.25) is 0 Å². The van der Waals surface area contributed by atoms with E-state index in [1.54, 1.807) is 0 Å². The molecule has 1 nitrogen and oxygen atoms in total. The second kappa shape index (κ2) is 9.58. The number of nitrogens with two attached hydrogens (primary N) is 1. The Morgan fingerprint density at radius 2 is 1.57 bits per heavy atom. The maximum absolute atomic E-state index is 5.11. The van der Waals surface area contributed by atoms with Crippen LogP contribution in [0, 0.1) is 0 Å². The first-order valence-electron chi connectivity index (χ1n) is 2.51. The van der Waals surface area contributed by atoms with Crippen molar-refractivity contribution >= 4 is 12.6 Å². The third-order valence-electron chi connectivity index (χ3n) is 0. The van der Waals surface area contributed by atoms with E-state index in [1.165, 1.54) is 0 Å². The van der Waals surface area contributed by atoms with Gasteiger partial charge >= 0.3 is 0 Å². The van der Waals surface area contributed by atoms with E-state index in [9.17, 15) is 0 Å². The van der Waals surface area contributed by atoms with Gasteiger partial charge in [-0.05, 0) is 11.8 Å². The molecule has 0 aromatic rings. The van der Waals surface area contributed by atoms with Crippen molar-refractivity contribution in [2.75, 3.05) is 5.75 Å². The topological polar surface area (TPSA) is 26.0 Å². The average molecular weight is 121 g/mol. The maximum Gasteiger partial charge on any atom is -0.00179 e. The van der Waals surface area contributed by atoms with Crippen molar-refractivity contribution in [3.8, 4) is 0 Å². The van der Waals surface area contributed by atoms with E-state index in [4.69, 9.17) is 5.73 Å². The highest BCUT2D eigenvalue weighted by atomic mass is 32.1. The zero-order valence-electron chi connectivity index (χ0n) is 5.31. The Bertz CT molecular complexity index is 19.3. The first-order valence-corrected chi connectivity index (χ1v) is 3.14. The third-order valence-corrected chi connectivity index (χ3v) is 0. The molecule has 0 atom stereocenters. The lowest BCUT2D eigenvalue weighted by molar-refractivity contribution is 0.834. The van der Waals surface area contributed by atoms with Gasteiger partial charge in [0.1, 0.15) is 0 Å². The molecule has 2 N–H and O–H groups in total. The van der Waals surface area contributed by atoms with Gasteiger partial charge in [-0.3, -0.25) is 0 Å². The molecule has 0 aliphatic rings. The van der Waals surface area contributed by atoms with Crippen molar-refractivity contribution in [1.29, 1.82) is 0 Å². The van der Waals surface area contributed by atoms with E-state index in [2.05, 4.69) is 12.6 Å². The van der Waals surface area contributed by atoms with E-state index < -0.39 is 0 Å². The minimum atomic E-state index is 0.333. The fourth-order valence-electron chi connectivity index (χ4n) is 0. The molecule has 0 bridgehead atoms. The Morgan fingerprint density at radius 1 is 1.57 bits per heavy atom. The van der Waals surface area contributed by atoms with Crippen molar-refractivity contribution in [3.05, 3.63) is 0 Å². The molecule has 2 heteroatoms. The fraction of sp³-hybridized carbons (Fsp3) is 1.00. The van der Waals surface area contributed by atoms with E-state index in [0.29, 0.717) is 6.04 Å². The van der Waals surface area contributed by atoms with Crippen molar-refractivity contribution in [2.45, 2.75) is 26.8 Å². The Balaban J connectivity index is 0. The first kappa shape index (κ1) is 10.3. The van der Waals surface area contributed by atoms with Crippen LogP contribution in [0.15, 0.2) is 0 Å². The summed E-state index contributed by atoms with van der Waals surface area (Å²) in [6, 6.07) is 0.333. The molecular weight excluding hydrogens is 106 g/mol. The molecule has 46 valence electrons. The molecule has 0 heterocycles. The van der Waals surface area contributed by atoms with E-state index in [0.717, 1.165) is 5.75 Å². The van der Waals surface area contributed by atoms with Gasteiger partial charge in [-0.15, -0.1) is 0 Å². The molecule has 0 aromatic carbocycles. The third kappa shape index (κ3) is 1220. The normalized spacial score (nSPS) is 7.71. The smallest absolute Gasteiger partial charge is 0.00179 e. The highest BCUT2D eigenvalue weighted by Crippen LogP contribution is 1.58. The second-order valence-electron chi connectivity index (χ2n) is 1.56. The Morgan fingerprint density at radius 3 is 1.57 bits per heavy atom. The largest absolute Gasteiger partial charge is 0.328 e. The summed E-state index contributed by atoms with van der Waals surface area (Å²) in [5.74, 6) is 0.944. The van der Waals surface area contributed by atoms with E-state index >= 15 is 0 Å². The molecule has 0 aromatic heterocycles. The molecule has 0 saturated heterocycles. The van der Waals surface area contributed by atoms with Crippen LogP contribution in [0.4, 0.5) is 0 Å². The molecule has 0 unspecified atom stereocenters. The zero-order valence-corrected chi connectivity index (χ0v) is 6.20. The van der Waals surface area contributed by atoms with Gasteiger partial charge in [0.05, 0.1) is 0 Å². The van der Waals surface area contributed by atoms with Crippen LogP contribution in [0.1, 0.15) is 20.8 Å². The molecule has 0 aliphatic carbocycles. The number of rotatable bonds is 0. The Kier molecular flexibility index (Phi) is 14.1. The fourth-order valence-corrected chi connectivity index (χ4v) is 0. The summed E-state index contributed by atoms with van der Waals surface area (Å²) in [5.41, 5.74) is 5.11. The number of thiol groups is 1. The van der Waals surface area contributed by atoms with Crippen molar-refractivity contribution in [2.24, 2.45) is 5.73 Å². The van der Waals surface area contributed by atoms with Crippen LogP contribution in [0.2, 0.25) is 0 Å². The van der Waals surface area contributed by atoms with Crippen LogP contribution >= 0.6 is 12.6 Å². The van der Waals surface area contributed by atoms with Crippen LogP contribution in [0.3, 0.4) is 0 Å². The second-order valence-corrected chi connectivity index (χ2v) is 2.19. The lowest BCUT2D eigenvalue weighted by Gasteiger charge is -1.81. The highest BCUT2D eigenvalue weighted by molar-refractivity contribution is 7.80. The standard InChI is InChI=1S/C3H9N.C2H6S/c1-3(2)4;1-2-3/h3H,4H2,1-2H3;3H,2H2,1H3. The lowest BCUT2D eigenvalue weighted by Crippen LogP contribution is -2.06. The molecular formula is C5H15NS. The molecule has 0 spiro atoms. The zero-order chi connectivity index (χ0) is 6.28.